The summed E-state index contributed by atoms with van der Waals surface area (Å²) in [5.41, 5.74) is 2.81. The summed E-state index contributed by atoms with van der Waals surface area (Å²) in [6.45, 7) is 5.87. The van der Waals surface area contributed by atoms with Crippen molar-refractivity contribution in [3.05, 3.63) is 29.9 Å². The van der Waals surface area contributed by atoms with Crippen molar-refractivity contribution >= 4 is 0 Å². The molecule has 1 heterocycles. The maximum atomic E-state index is 4.03. The van der Waals surface area contributed by atoms with Crippen LogP contribution in [-0.2, 0) is 6.42 Å². The van der Waals surface area contributed by atoms with Gasteiger partial charge in [0, 0.05) is 11.9 Å². The van der Waals surface area contributed by atoms with Gasteiger partial charge in [-0.3, -0.25) is 0 Å². The van der Waals surface area contributed by atoms with E-state index in [1.165, 1.54) is 25.0 Å². The minimum absolute atomic E-state index is 0. The van der Waals surface area contributed by atoms with Crippen molar-refractivity contribution in [1.82, 2.24) is 9.97 Å². The molecule has 1 unspecified atom stereocenters. The fraction of sp³-hybridized carbons (Fsp3) is 0.533. The van der Waals surface area contributed by atoms with E-state index in [4.69, 9.17) is 0 Å². The molecule has 1 aliphatic rings. The molecule has 0 bridgehead atoms. The molecule has 1 atom stereocenters. The molecule has 124 valence electrons. The summed E-state index contributed by atoms with van der Waals surface area (Å²) < 4.78 is 0. The number of hydrogen-bond acceptors (Lipinski definition) is 1. The lowest BCUT2D eigenvalue weighted by Gasteiger charge is -2.18. The minimum atomic E-state index is 0. The third-order valence-corrected chi connectivity index (χ3v) is 2.95. The molecular formula is C15H30N2O4. The lowest BCUT2D eigenvalue weighted by Crippen LogP contribution is -2.06. The minimum Gasteiger partial charge on any atom is -0.412 e. The summed E-state index contributed by atoms with van der Waals surface area (Å²) in [6, 6.07) is 0. The SMILES string of the molecule is CC#CC.CC1=CC(Cc2cnc[nH]2)CCC1.O.O.O.O. The molecule has 6 nitrogen and oxygen atoms in total. The molecule has 21 heavy (non-hydrogen) atoms. The van der Waals surface area contributed by atoms with Gasteiger partial charge >= 0.3 is 0 Å². The van der Waals surface area contributed by atoms with Crippen LogP contribution in [0.25, 0.3) is 0 Å². The molecule has 1 aromatic rings. The number of H-pyrrole nitrogens is 1. The number of aromatic nitrogens is 2. The third-order valence-electron chi connectivity index (χ3n) is 2.95. The maximum Gasteiger partial charge on any atom is 0.0921 e. The van der Waals surface area contributed by atoms with Crippen molar-refractivity contribution in [1.29, 1.82) is 0 Å². The van der Waals surface area contributed by atoms with Crippen molar-refractivity contribution in [2.45, 2.75) is 46.5 Å². The molecule has 0 spiro atoms. The Bertz CT molecular complexity index is 399. The number of imidazole rings is 1. The normalized spacial score (nSPS) is 14.8. The maximum absolute atomic E-state index is 4.03. The van der Waals surface area contributed by atoms with E-state index in [0.29, 0.717) is 0 Å². The lowest BCUT2D eigenvalue weighted by atomic mass is 9.88. The highest BCUT2D eigenvalue weighted by molar-refractivity contribution is 5.08. The molecule has 0 saturated carbocycles. The highest BCUT2D eigenvalue weighted by Crippen LogP contribution is 2.24. The quantitative estimate of drug-likeness (QED) is 0.610. The summed E-state index contributed by atoms with van der Waals surface area (Å²) in [4.78, 5) is 7.19. The third kappa shape index (κ3) is 11.8. The molecule has 0 aromatic carbocycles. The van der Waals surface area contributed by atoms with E-state index < -0.39 is 0 Å². The Morgan fingerprint density at radius 3 is 2.24 bits per heavy atom. The van der Waals surface area contributed by atoms with Crippen LogP contribution in [0, 0.1) is 17.8 Å². The Morgan fingerprint density at radius 1 is 1.19 bits per heavy atom. The van der Waals surface area contributed by atoms with Gasteiger partial charge in [0.15, 0.2) is 0 Å². The van der Waals surface area contributed by atoms with Crippen molar-refractivity contribution in [3.63, 3.8) is 0 Å². The summed E-state index contributed by atoms with van der Waals surface area (Å²) in [5.74, 6) is 6.09. The molecule has 0 aliphatic heterocycles. The first kappa shape index (κ1) is 27.7. The highest BCUT2D eigenvalue weighted by atomic mass is 16.0. The van der Waals surface area contributed by atoms with Gasteiger partial charge in [-0.15, -0.1) is 11.8 Å². The van der Waals surface area contributed by atoms with E-state index in [1.54, 1.807) is 11.9 Å². The van der Waals surface area contributed by atoms with Gasteiger partial charge in [-0.2, -0.15) is 0 Å². The first-order chi connectivity index (χ1) is 8.26. The fourth-order valence-corrected chi connectivity index (χ4v) is 2.05. The van der Waals surface area contributed by atoms with Crippen LogP contribution in [0.4, 0.5) is 0 Å². The molecule has 0 amide bonds. The lowest BCUT2D eigenvalue weighted by molar-refractivity contribution is 0.522. The largest absolute Gasteiger partial charge is 0.412 e. The van der Waals surface area contributed by atoms with Gasteiger partial charge in [0.2, 0.25) is 0 Å². The van der Waals surface area contributed by atoms with Gasteiger partial charge in [0.05, 0.1) is 6.33 Å². The second-order valence-corrected chi connectivity index (χ2v) is 4.45. The van der Waals surface area contributed by atoms with Gasteiger partial charge in [-0.05, 0) is 52.4 Å². The number of hydrogen-bond donors (Lipinski definition) is 1. The van der Waals surface area contributed by atoms with Crippen LogP contribution >= 0.6 is 0 Å². The van der Waals surface area contributed by atoms with Crippen LogP contribution in [-0.4, -0.2) is 31.9 Å². The second-order valence-electron chi connectivity index (χ2n) is 4.45. The van der Waals surface area contributed by atoms with E-state index >= 15 is 0 Å². The Balaban J connectivity index is -0.000000164. The van der Waals surface area contributed by atoms with Gasteiger partial charge in [-0.1, -0.05) is 11.6 Å². The molecule has 1 aliphatic carbocycles. The summed E-state index contributed by atoms with van der Waals surface area (Å²) in [6.07, 6.45) is 11.2. The summed E-state index contributed by atoms with van der Waals surface area (Å²) in [7, 11) is 0. The van der Waals surface area contributed by atoms with Crippen LogP contribution in [0.1, 0.15) is 45.7 Å². The van der Waals surface area contributed by atoms with Crippen LogP contribution in [0.5, 0.6) is 0 Å². The second kappa shape index (κ2) is 16.4. The number of nitrogens with zero attached hydrogens (tertiary/aromatic N) is 1. The van der Waals surface area contributed by atoms with Gasteiger partial charge < -0.3 is 26.9 Å². The number of aromatic amines is 1. The standard InChI is InChI=1S/C11H16N2.C4H6.4H2O/c1-9-3-2-4-10(5-9)6-11-7-12-8-13-11;1-3-4-2;;;;/h5,7-8,10H,2-4,6H2,1H3,(H,12,13);1-2H3;4*1H2. The molecule has 2 rings (SSSR count). The van der Waals surface area contributed by atoms with Crippen LogP contribution in [0.3, 0.4) is 0 Å². The predicted octanol–water partition coefficient (Wildman–Crippen LogP) is 0.429. The van der Waals surface area contributed by atoms with Crippen molar-refractivity contribution in [2.75, 3.05) is 0 Å². The predicted molar refractivity (Wildman–Crippen MR) is 87.0 cm³/mol. The van der Waals surface area contributed by atoms with E-state index in [9.17, 15) is 0 Å². The molecule has 6 heteroatoms. The van der Waals surface area contributed by atoms with Crippen LogP contribution < -0.4 is 0 Å². The van der Waals surface area contributed by atoms with E-state index in [1.807, 2.05) is 20.0 Å². The average Bonchev–Trinajstić information content (AvgIpc) is 2.82. The highest BCUT2D eigenvalue weighted by Gasteiger charge is 2.12. The number of rotatable bonds is 2. The summed E-state index contributed by atoms with van der Waals surface area (Å²) in [5, 5.41) is 0. The Hall–Kier alpha value is -1.65. The van der Waals surface area contributed by atoms with Gasteiger partial charge in [-0.25, -0.2) is 4.98 Å². The van der Waals surface area contributed by atoms with Gasteiger partial charge in [0.1, 0.15) is 0 Å². The topological polar surface area (TPSA) is 155 Å². The molecular weight excluding hydrogens is 272 g/mol. The summed E-state index contributed by atoms with van der Waals surface area (Å²) >= 11 is 0. The van der Waals surface area contributed by atoms with Crippen molar-refractivity contribution in [2.24, 2.45) is 5.92 Å². The Morgan fingerprint density at radius 2 is 1.81 bits per heavy atom. The van der Waals surface area contributed by atoms with E-state index in [-0.39, 0.29) is 21.9 Å². The monoisotopic (exact) mass is 302 g/mol. The zero-order valence-electron chi connectivity index (χ0n) is 13.1. The van der Waals surface area contributed by atoms with Crippen LogP contribution in [0.15, 0.2) is 24.2 Å². The Labute approximate surface area is 126 Å². The average molecular weight is 302 g/mol. The molecule has 1 aromatic heterocycles. The smallest absolute Gasteiger partial charge is 0.0921 e. The van der Waals surface area contributed by atoms with Gasteiger partial charge in [0.25, 0.3) is 0 Å². The van der Waals surface area contributed by atoms with E-state index in [2.05, 4.69) is 34.8 Å². The number of allylic oxidation sites excluding steroid dienone is 2. The molecule has 0 radical (unpaired) electrons. The number of nitrogens with one attached hydrogen (secondary N) is 1. The fourth-order valence-electron chi connectivity index (χ4n) is 2.05. The molecule has 0 saturated heterocycles. The molecule has 0 fully saturated rings. The van der Waals surface area contributed by atoms with E-state index in [0.717, 1.165) is 12.3 Å². The van der Waals surface area contributed by atoms with Crippen LogP contribution in [0.2, 0.25) is 0 Å². The van der Waals surface area contributed by atoms with Crippen molar-refractivity contribution in [3.8, 4) is 11.8 Å². The Kier molecular flexibility index (Phi) is 21.6. The molecule has 9 N–H and O–H groups in total. The zero-order valence-corrected chi connectivity index (χ0v) is 13.1. The zero-order chi connectivity index (χ0) is 12.5. The van der Waals surface area contributed by atoms with Crippen molar-refractivity contribution < 1.29 is 21.9 Å². The first-order valence-electron chi connectivity index (χ1n) is 6.24. The first-order valence-corrected chi connectivity index (χ1v) is 6.24.